The molecule has 1 amide bonds. The molecule has 0 radical (unpaired) electrons. The van der Waals surface area contributed by atoms with Crippen LogP contribution in [0.25, 0.3) is 11.3 Å². The van der Waals surface area contributed by atoms with Crippen LogP contribution in [0.15, 0.2) is 30.7 Å². The van der Waals surface area contributed by atoms with Crippen molar-refractivity contribution in [3.63, 3.8) is 0 Å². The Morgan fingerprint density at radius 2 is 2.00 bits per heavy atom. The summed E-state index contributed by atoms with van der Waals surface area (Å²) in [6, 6.07) is 3.70. The zero-order valence-electron chi connectivity index (χ0n) is 10.7. The van der Waals surface area contributed by atoms with E-state index in [0.717, 1.165) is 37.2 Å². The van der Waals surface area contributed by atoms with Gasteiger partial charge in [0, 0.05) is 31.0 Å². The lowest BCUT2D eigenvalue weighted by atomic mass is 10.1. The van der Waals surface area contributed by atoms with Crippen molar-refractivity contribution in [1.29, 1.82) is 0 Å². The quantitative estimate of drug-likeness (QED) is 0.895. The third-order valence-corrected chi connectivity index (χ3v) is 3.45. The van der Waals surface area contributed by atoms with E-state index in [2.05, 4.69) is 15.2 Å². The zero-order valence-corrected chi connectivity index (χ0v) is 10.7. The molecule has 2 aromatic rings. The van der Waals surface area contributed by atoms with Gasteiger partial charge in [-0.2, -0.15) is 5.10 Å². The number of carbonyl (C=O) groups is 1. The van der Waals surface area contributed by atoms with Gasteiger partial charge in [0.25, 0.3) is 5.91 Å². The summed E-state index contributed by atoms with van der Waals surface area (Å²) in [5.74, 6) is 0.0888. The minimum Gasteiger partial charge on any atom is -0.339 e. The van der Waals surface area contributed by atoms with Crippen molar-refractivity contribution in [1.82, 2.24) is 20.1 Å². The van der Waals surface area contributed by atoms with Gasteiger partial charge in [0.1, 0.15) is 0 Å². The first kappa shape index (κ1) is 11.9. The first-order valence-electron chi connectivity index (χ1n) is 6.59. The highest BCUT2D eigenvalue weighted by Gasteiger charge is 2.18. The fourth-order valence-electron chi connectivity index (χ4n) is 2.36. The largest absolute Gasteiger partial charge is 0.339 e. The lowest BCUT2D eigenvalue weighted by Gasteiger charge is -2.26. The molecule has 1 fully saturated rings. The van der Waals surface area contributed by atoms with Crippen LogP contribution in [0.1, 0.15) is 29.6 Å². The molecule has 3 heterocycles. The topological polar surface area (TPSA) is 61.9 Å². The van der Waals surface area contributed by atoms with Gasteiger partial charge in [0.2, 0.25) is 0 Å². The fourth-order valence-corrected chi connectivity index (χ4v) is 2.36. The average Bonchev–Trinajstić information content (AvgIpc) is 3.02. The van der Waals surface area contributed by atoms with Crippen LogP contribution in [0.3, 0.4) is 0 Å². The van der Waals surface area contributed by atoms with Crippen molar-refractivity contribution in [2.24, 2.45) is 0 Å². The monoisotopic (exact) mass is 256 g/mol. The number of amides is 1. The molecule has 1 aliphatic heterocycles. The first-order valence-corrected chi connectivity index (χ1v) is 6.59. The average molecular weight is 256 g/mol. The van der Waals surface area contributed by atoms with Gasteiger partial charge in [0.05, 0.1) is 17.5 Å². The minimum atomic E-state index is 0.0888. The number of nitrogens with zero attached hydrogens (tertiary/aromatic N) is 3. The molecule has 0 unspecified atom stereocenters. The number of hydrogen-bond acceptors (Lipinski definition) is 3. The number of hydrogen-bond donors (Lipinski definition) is 1. The molecule has 0 spiro atoms. The van der Waals surface area contributed by atoms with Gasteiger partial charge >= 0.3 is 0 Å². The number of nitrogens with one attached hydrogen (secondary N) is 1. The summed E-state index contributed by atoms with van der Waals surface area (Å²) in [4.78, 5) is 18.5. The lowest BCUT2D eigenvalue weighted by molar-refractivity contribution is 0.0724. The van der Waals surface area contributed by atoms with Gasteiger partial charge in [0.15, 0.2) is 0 Å². The van der Waals surface area contributed by atoms with Crippen molar-refractivity contribution >= 4 is 5.91 Å². The second-order valence-electron chi connectivity index (χ2n) is 4.77. The molecule has 19 heavy (non-hydrogen) atoms. The molecule has 0 saturated carbocycles. The molecule has 3 rings (SSSR count). The van der Waals surface area contributed by atoms with Gasteiger partial charge < -0.3 is 4.90 Å². The molecule has 0 atom stereocenters. The molecule has 2 aromatic heterocycles. The predicted molar refractivity (Wildman–Crippen MR) is 71.6 cm³/mol. The number of aromatic amines is 1. The van der Waals surface area contributed by atoms with E-state index in [-0.39, 0.29) is 5.91 Å². The van der Waals surface area contributed by atoms with Crippen LogP contribution in [-0.2, 0) is 0 Å². The number of carbonyl (C=O) groups excluding carboxylic acids is 1. The molecular weight excluding hydrogens is 240 g/mol. The van der Waals surface area contributed by atoms with Crippen LogP contribution in [0.4, 0.5) is 0 Å². The predicted octanol–water partition coefficient (Wildman–Crippen LogP) is 2.10. The van der Waals surface area contributed by atoms with Gasteiger partial charge in [-0.1, -0.05) is 0 Å². The number of piperidine rings is 1. The summed E-state index contributed by atoms with van der Waals surface area (Å²) in [6.45, 7) is 1.73. The Labute approximate surface area is 111 Å². The summed E-state index contributed by atoms with van der Waals surface area (Å²) >= 11 is 0. The van der Waals surface area contributed by atoms with Gasteiger partial charge in [-0.3, -0.25) is 14.9 Å². The molecule has 0 aromatic carbocycles. The highest BCUT2D eigenvalue weighted by molar-refractivity contribution is 5.94. The lowest BCUT2D eigenvalue weighted by Crippen LogP contribution is -2.35. The number of rotatable bonds is 2. The van der Waals surface area contributed by atoms with Crippen molar-refractivity contribution < 1.29 is 4.79 Å². The minimum absolute atomic E-state index is 0.0888. The standard InChI is InChI=1S/C14H16N4O/c19-14(18-6-2-1-3-7-18)11-4-5-13(15-8-11)12-9-16-17-10-12/h4-5,8-10H,1-3,6-7H2,(H,16,17). The first-order chi connectivity index (χ1) is 9.34. The highest BCUT2D eigenvalue weighted by atomic mass is 16.2. The maximum absolute atomic E-state index is 12.3. The van der Waals surface area contributed by atoms with Crippen molar-refractivity contribution in [2.75, 3.05) is 13.1 Å². The molecule has 0 bridgehead atoms. The molecule has 1 N–H and O–H groups in total. The van der Waals surface area contributed by atoms with Gasteiger partial charge in [-0.05, 0) is 31.4 Å². The van der Waals surface area contributed by atoms with Crippen LogP contribution >= 0.6 is 0 Å². The van der Waals surface area contributed by atoms with Crippen LogP contribution in [0.2, 0.25) is 0 Å². The number of H-pyrrole nitrogens is 1. The Morgan fingerprint density at radius 1 is 1.16 bits per heavy atom. The van der Waals surface area contributed by atoms with Gasteiger partial charge in [-0.25, -0.2) is 0 Å². The van der Waals surface area contributed by atoms with E-state index < -0.39 is 0 Å². The van der Waals surface area contributed by atoms with E-state index in [0.29, 0.717) is 5.56 Å². The van der Waals surface area contributed by atoms with Crippen LogP contribution < -0.4 is 0 Å². The molecule has 0 aliphatic carbocycles. The summed E-state index contributed by atoms with van der Waals surface area (Å²) in [7, 11) is 0. The summed E-state index contributed by atoms with van der Waals surface area (Å²) in [6.07, 6.45) is 8.59. The van der Waals surface area contributed by atoms with Crippen LogP contribution in [0.5, 0.6) is 0 Å². The van der Waals surface area contributed by atoms with E-state index in [9.17, 15) is 4.79 Å². The smallest absolute Gasteiger partial charge is 0.255 e. The Hall–Kier alpha value is -2.17. The summed E-state index contributed by atoms with van der Waals surface area (Å²) in [5.41, 5.74) is 2.41. The van der Waals surface area contributed by atoms with Crippen LogP contribution in [0, 0.1) is 0 Å². The fraction of sp³-hybridized carbons (Fsp3) is 0.357. The van der Waals surface area contributed by atoms with Crippen molar-refractivity contribution in [2.45, 2.75) is 19.3 Å². The molecule has 5 heteroatoms. The number of pyridine rings is 1. The third kappa shape index (κ3) is 2.50. The van der Waals surface area contributed by atoms with E-state index in [1.807, 2.05) is 17.0 Å². The van der Waals surface area contributed by atoms with Crippen molar-refractivity contribution in [3.05, 3.63) is 36.3 Å². The maximum Gasteiger partial charge on any atom is 0.255 e. The number of likely N-dealkylation sites (tertiary alicyclic amines) is 1. The third-order valence-electron chi connectivity index (χ3n) is 3.45. The summed E-state index contributed by atoms with van der Waals surface area (Å²) < 4.78 is 0. The Balaban J connectivity index is 1.76. The Kier molecular flexibility index (Phi) is 3.27. The van der Waals surface area contributed by atoms with Crippen molar-refractivity contribution in [3.8, 4) is 11.3 Å². The molecule has 5 nitrogen and oxygen atoms in total. The van der Waals surface area contributed by atoms with E-state index in [1.54, 1.807) is 18.6 Å². The zero-order chi connectivity index (χ0) is 13.1. The van der Waals surface area contributed by atoms with E-state index >= 15 is 0 Å². The molecule has 98 valence electrons. The molecule has 1 saturated heterocycles. The maximum atomic E-state index is 12.3. The number of aromatic nitrogens is 3. The molecular formula is C14H16N4O. The highest BCUT2D eigenvalue weighted by Crippen LogP contribution is 2.17. The SMILES string of the molecule is O=C(c1ccc(-c2cn[nH]c2)nc1)N1CCCCC1. The van der Waals surface area contributed by atoms with Crippen LogP contribution in [-0.4, -0.2) is 39.1 Å². The normalized spacial score (nSPS) is 15.5. The Bertz CT molecular complexity index is 541. The second-order valence-corrected chi connectivity index (χ2v) is 4.77. The van der Waals surface area contributed by atoms with Gasteiger partial charge in [-0.15, -0.1) is 0 Å². The van der Waals surface area contributed by atoms with E-state index in [1.165, 1.54) is 6.42 Å². The second kappa shape index (κ2) is 5.22. The Morgan fingerprint density at radius 3 is 2.63 bits per heavy atom. The molecule has 1 aliphatic rings. The summed E-state index contributed by atoms with van der Waals surface area (Å²) in [5, 5.41) is 6.64. The van der Waals surface area contributed by atoms with E-state index in [4.69, 9.17) is 0 Å².